The molecule has 21 heavy (non-hydrogen) atoms. The Morgan fingerprint density at radius 1 is 1.48 bits per heavy atom. The second-order valence-corrected chi connectivity index (χ2v) is 4.91. The largest absolute Gasteiger partial charge is 0.409 e. The summed E-state index contributed by atoms with van der Waals surface area (Å²) in [6, 6.07) is 4.26. The molecular weight excluding hydrogens is 273 g/mol. The molecule has 0 bridgehead atoms. The van der Waals surface area contributed by atoms with Crippen molar-refractivity contribution in [3.63, 3.8) is 0 Å². The van der Waals surface area contributed by atoms with Crippen molar-refractivity contribution in [1.82, 2.24) is 14.5 Å². The van der Waals surface area contributed by atoms with Gasteiger partial charge in [-0.1, -0.05) is 11.2 Å². The van der Waals surface area contributed by atoms with Crippen LogP contribution in [0.3, 0.4) is 0 Å². The molecule has 7 heteroatoms. The molecule has 0 spiro atoms. The lowest BCUT2D eigenvalue weighted by molar-refractivity contribution is 0.306. The van der Waals surface area contributed by atoms with Crippen molar-refractivity contribution in [2.45, 2.75) is 13.1 Å². The summed E-state index contributed by atoms with van der Waals surface area (Å²) < 4.78 is 15.3. The Hall–Kier alpha value is -2.41. The lowest BCUT2D eigenvalue weighted by Gasteiger charge is -2.18. The lowest BCUT2D eigenvalue weighted by Crippen LogP contribution is -2.23. The Labute approximate surface area is 122 Å². The van der Waals surface area contributed by atoms with Crippen LogP contribution in [0.25, 0.3) is 0 Å². The van der Waals surface area contributed by atoms with Gasteiger partial charge in [0.25, 0.3) is 0 Å². The minimum atomic E-state index is -0.424. The van der Waals surface area contributed by atoms with Crippen LogP contribution in [0.5, 0.6) is 0 Å². The highest BCUT2D eigenvalue weighted by Crippen LogP contribution is 2.14. The van der Waals surface area contributed by atoms with Gasteiger partial charge in [-0.25, -0.2) is 9.37 Å². The van der Waals surface area contributed by atoms with Crippen LogP contribution in [0, 0.1) is 5.82 Å². The molecule has 0 fully saturated rings. The summed E-state index contributed by atoms with van der Waals surface area (Å²) in [5.41, 5.74) is 6.77. The number of benzene rings is 1. The first kappa shape index (κ1) is 15.0. The molecule has 0 radical (unpaired) electrons. The van der Waals surface area contributed by atoms with Crippen LogP contribution in [0.4, 0.5) is 4.39 Å². The number of amidine groups is 1. The average molecular weight is 291 g/mol. The molecule has 0 atom stereocenters. The zero-order valence-electron chi connectivity index (χ0n) is 12.0. The Morgan fingerprint density at radius 3 is 2.86 bits per heavy atom. The molecule has 112 valence electrons. The maximum absolute atomic E-state index is 13.3. The van der Waals surface area contributed by atoms with E-state index in [1.807, 2.05) is 29.8 Å². The number of hydrogen-bond acceptors (Lipinski definition) is 4. The van der Waals surface area contributed by atoms with Crippen LogP contribution < -0.4 is 5.73 Å². The van der Waals surface area contributed by atoms with E-state index >= 15 is 0 Å². The summed E-state index contributed by atoms with van der Waals surface area (Å²) in [5.74, 6) is 0.395. The van der Waals surface area contributed by atoms with Gasteiger partial charge in [-0.2, -0.15) is 0 Å². The minimum Gasteiger partial charge on any atom is -0.409 e. The number of nitrogens with two attached hydrogens (primary N) is 1. The molecule has 0 aliphatic rings. The van der Waals surface area contributed by atoms with Crippen molar-refractivity contribution in [2.75, 3.05) is 7.05 Å². The van der Waals surface area contributed by atoms with Crippen molar-refractivity contribution in [2.24, 2.45) is 17.9 Å². The Morgan fingerprint density at radius 2 is 2.24 bits per heavy atom. The number of aromatic nitrogens is 2. The van der Waals surface area contributed by atoms with Gasteiger partial charge in [-0.3, -0.25) is 4.90 Å². The summed E-state index contributed by atoms with van der Waals surface area (Å²) >= 11 is 0. The minimum absolute atomic E-state index is 0.102. The summed E-state index contributed by atoms with van der Waals surface area (Å²) in [6.07, 6.45) is 3.62. The molecule has 0 aliphatic carbocycles. The normalized spacial score (nSPS) is 12.1. The Balaban J connectivity index is 2.17. The molecule has 1 aromatic heterocycles. The van der Waals surface area contributed by atoms with E-state index in [0.717, 1.165) is 11.4 Å². The maximum Gasteiger partial charge on any atom is 0.170 e. The molecule has 0 amide bonds. The van der Waals surface area contributed by atoms with Crippen molar-refractivity contribution in [1.29, 1.82) is 0 Å². The maximum atomic E-state index is 13.3. The highest BCUT2D eigenvalue weighted by molar-refractivity contribution is 5.98. The van der Waals surface area contributed by atoms with Crippen molar-refractivity contribution >= 4 is 5.84 Å². The predicted octanol–water partition coefficient (Wildman–Crippen LogP) is 1.29. The average Bonchev–Trinajstić information content (AvgIpc) is 2.85. The van der Waals surface area contributed by atoms with E-state index in [0.29, 0.717) is 18.7 Å². The fraction of sp³-hybridized carbons (Fsp3) is 0.286. The van der Waals surface area contributed by atoms with Gasteiger partial charge in [0, 0.05) is 31.5 Å². The molecule has 0 saturated carbocycles. The highest BCUT2D eigenvalue weighted by Gasteiger charge is 2.12. The first-order valence-corrected chi connectivity index (χ1v) is 6.42. The van der Waals surface area contributed by atoms with Crippen LogP contribution in [0.15, 0.2) is 35.7 Å². The molecule has 0 saturated heterocycles. The summed E-state index contributed by atoms with van der Waals surface area (Å²) in [5, 5.41) is 11.7. The molecule has 2 aromatic rings. The van der Waals surface area contributed by atoms with Crippen LogP contribution in [-0.2, 0) is 20.1 Å². The van der Waals surface area contributed by atoms with Crippen LogP contribution in [-0.4, -0.2) is 32.5 Å². The third-order valence-electron chi connectivity index (χ3n) is 3.23. The lowest BCUT2D eigenvalue weighted by atomic mass is 10.1. The molecule has 0 unspecified atom stereocenters. The van der Waals surface area contributed by atoms with E-state index in [4.69, 9.17) is 10.9 Å². The first-order chi connectivity index (χ1) is 10.0. The monoisotopic (exact) mass is 291 g/mol. The fourth-order valence-electron chi connectivity index (χ4n) is 2.12. The highest BCUT2D eigenvalue weighted by atomic mass is 19.1. The van der Waals surface area contributed by atoms with E-state index in [1.54, 1.807) is 12.3 Å². The van der Waals surface area contributed by atoms with Gasteiger partial charge in [0.1, 0.15) is 11.6 Å². The van der Waals surface area contributed by atoms with Crippen molar-refractivity contribution in [3.05, 3.63) is 53.4 Å². The van der Waals surface area contributed by atoms with Gasteiger partial charge in [0.05, 0.1) is 6.54 Å². The number of hydrogen-bond donors (Lipinski definition) is 2. The number of halogens is 1. The van der Waals surface area contributed by atoms with E-state index in [1.165, 1.54) is 12.1 Å². The molecule has 6 nitrogen and oxygen atoms in total. The second-order valence-electron chi connectivity index (χ2n) is 4.91. The Kier molecular flexibility index (Phi) is 4.54. The standard InChI is InChI=1S/C14H18FN5O/c1-19(9-13-17-5-6-20(13)2)8-10-3-4-11(15)7-12(10)14(16)18-21/h3-7,21H,8-9H2,1-2H3,(H2,16,18). The predicted molar refractivity (Wildman–Crippen MR) is 77.3 cm³/mol. The number of oxime groups is 1. The number of rotatable bonds is 5. The molecule has 0 aliphatic heterocycles. The fourth-order valence-corrected chi connectivity index (χ4v) is 2.12. The molecule has 2 rings (SSSR count). The van der Waals surface area contributed by atoms with E-state index < -0.39 is 5.82 Å². The third-order valence-corrected chi connectivity index (χ3v) is 3.23. The zero-order chi connectivity index (χ0) is 15.4. The summed E-state index contributed by atoms with van der Waals surface area (Å²) in [4.78, 5) is 6.28. The Bertz CT molecular complexity index is 653. The summed E-state index contributed by atoms with van der Waals surface area (Å²) in [7, 11) is 3.85. The van der Waals surface area contributed by atoms with Crippen molar-refractivity contribution in [3.8, 4) is 0 Å². The quantitative estimate of drug-likeness (QED) is 0.376. The molecule has 3 N–H and O–H groups in total. The van der Waals surface area contributed by atoms with Gasteiger partial charge in [0.15, 0.2) is 5.84 Å². The number of nitrogens with zero attached hydrogens (tertiary/aromatic N) is 4. The number of aryl methyl sites for hydroxylation is 1. The van der Waals surface area contributed by atoms with Crippen LogP contribution in [0.1, 0.15) is 17.0 Å². The second kappa shape index (κ2) is 6.36. The molecule has 1 aromatic carbocycles. The number of imidazole rings is 1. The van der Waals surface area contributed by atoms with Gasteiger partial charge >= 0.3 is 0 Å². The van der Waals surface area contributed by atoms with Gasteiger partial charge in [-0.15, -0.1) is 0 Å². The topological polar surface area (TPSA) is 79.7 Å². The zero-order valence-corrected chi connectivity index (χ0v) is 12.0. The summed E-state index contributed by atoms with van der Waals surface area (Å²) in [6.45, 7) is 1.16. The van der Waals surface area contributed by atoms with Gasteiger partial charge < -0.3 is 15.5 Å². The van der Waals surface area contributed by atoms with Crippen molar-refractivity contribution < 1.29 is 9.60 Å². The van der Waals surface area contributed by atoms with Crippen LogP contribution in [0.2, 0.25) is 0 Å². The van der Waals surface area contributed by atoms with E-state index in [2.05, 4.69) is 10.1 Å². The first-order valence-electron chi connectivity index (χ1n) is 6.42. The van der Waals surface area contributed by atoms with Crippen LogP contribution >= 0.6 is 0 Å². The van der Waals surface area contributed by atoms with Gasteiger partial charge in [0.2, 0.25) is 0 Å². The third kappa shape index (κ3) is 3.57. The van der Waals surface area contributed by atoms with E-state index in [9.17, 15) is 4.39 Å². The molecular formula is C14H18FN5O. The van der Waals surface area contributed by atoms with E-state index in [-0.39, 0.29) is 5.84 Å². The smallest absolute Gasteiger partial charge is 0.170 e. The SMILES string of the molecule is CN(Cc1ccc(F)cc1C(N)=NO)Cc1nccn1C. The van der Waals surface area contributed by atoms with Gasteiger partial charge in [-0.05, 0) is 24.7 Å². The molecule has 1 heterocycles.